The number of piperazine rings is 1. The molecule has 1 aromatic carbocycles. The molecule has 298 valence electrons. The highest BCUT2D eigenvalue weighted by molar-refractivity contribution is 5.73. The number of hydrogen-bond acceptors (Lipinski definition) is 8. The summed E-state index contributed by atoms with van der Waals surface area (Å²) in [6.07, 6.45) is 6.01. The average Bonchev–Trinajstić information content (AvgIpc) is 3.10. The molecule has 3 saturated carbocycles. The van der Waals surface area contributed by atoms with E-state index >= 15 is 0 Å². The van der Waals surface area contributed by atoms with Crippen LogP contribution in [0.25, 0.3) is 0 Å². The van der Waals surface area contributed by atoms with E-state index in [-0.39, 0.29) is 46.9 Å². The normalized spacial score (nSPS) is 41.1. The number of halogens is 1. The van der Waals surface area contributed by atoms with Gasteiger partial charge in [-0.3, -0.25) is 19.3 Å². The fourth-order valence-corrected chi connectivity index (χ4v) is 13.3. The van der Waals surface area contributed by atoms with Crippen LogP contribution in [0.3, 0.4) is 0 Å². The van der Waals surface area contributed by atoms with Gasteiger partial charge in [-0.25, -0.2) is 4.39 Å². The van der Waals surface area contributed by atoms with Crippen molar-refractivity contribution < 1.29 is 38.1 Å². The molecule has 1 N–H and O–H groups in total. The van der Waals surface area contributed by atoms with E-state index < -0.39 is 46.3 Å². The molecule has 1 aromatic rings. The fourth-order valence-electron chi connectivity index (χ4n) is 13.3. The van der Waals surface area contributed by atoms with Crippen molar-refractivity contribution in [1.29, 1.82) is 0 Å². The molecular weight excluding hydrogens is 687 g/mol. The Morgan fingerprint density at radius 1 is 0.944 bits per heavy atom. The fraction of sp³-hybridized carbons (Fsp3) is 0.750. The number of ether oxygens (including phenoxy) is 3. The predicted octanol–water partition coefficient (Wildman–Crippen LogP) is 7.38. The van der Waals surface area contributed by atoms with Gasteiger partial charge in [0, 0.05) is 49.6 Å². The van der Waals surface area contributed by atoms with Gasteiger partial charge in [-0.2, -0.15) is 0 Å². The maximum Gasteiger partial charge on any atom is 0.320 e. The molecule has 2 aliphatic heterocycles. The molecule has 7 rings (SSSR count). The summed E-state index contributed by atoms with van der Waals surface area (Å²) in [4.78, 5) is 44.2. The van der Waals surface area contributed by atoms with Gasteiger partial charge in [-0.1, -0.05) is 60.1 Å². The number of nitrogens with zero attached hydrogens (tertiary/aromatic N) is 2. The van der Waals surface area contributed by atoms with Gasteiger partial charge in [0.1, 0.15) is 18.0 Å². The number of rotatable bonds is 8. The third kappa shape index (κ3) is 6.02. The molecule has 6 aliphatic rings. The molecule has 0 amide bonds. The predicted molar refractivity (Wildman–Crippen MR) is 204 cm³/mol. The van der Waals surface area contributed by atoms with E-state index in [2.05, 4.69) is 64.3 Å². The third-order valence-corrected chi connectivity index (χ3v) is 16.6. The van der Waals surface area contributed by atoms with Crippen LogP contribution in [0.5, 0.6) is 0 Å². The van der Waals surface area contributed by atoms with Crippen molar-refractivity contribution >= 4 is 23.6 Å². The van der Waals surface area contributed by atoms with Gasteiger partial charge in [0.2, 0.25) is 0 Å². The van der Waals surface area contributed by atoms with Crippen LogP contribution in [0.4, 0.5) is 10.1 Å². The average molecular weight is 751 g/mol. The van der Waals surface area contributed by atoms with Gasteiger partial charge >= 0.3 is 17.9 Å². The number of aliphatic carboxylic acids is 1. The molecule has 2 bridgehead atoms. The third-order valence-electron chi connectivity index (χ3n) is 16.6. The Hall–Kier alpha value is -2.98. The van der Waals surface area contributed by atoms with E-state index in [0.717, 1.165) is 31.4 Å². The Balaban J connectivity index is 1.14. The summed E-state index contributed by atoms with van der Waals surface area (Å²) in [6.45, 7) is 21.0. The maximum absolute atomic E-state index is 13.8. The Bertz CT molecular complexity index is 1660. The number of benzene rings is 1. The van der Waals surface area contributed by atoms with E-state index in [0.29, 0.717) is 58.2 Å². The molecule has 10 heteroatoms. The van der Waals surface area contributed by atoms with E-state index in [1.807, 2.05) is 0 Å². The molecule has 2 saturated heterocycles. The topological polar surface area (TPSA) is 106 Å². The minimum absolute atomic E-state index is 0.135. The molecule has 0 radical (unpaired) electrons. The maximum atomic E-state index is 13.8. The lowest BCUT2D eigenvalue weighted by atomic mass is 9.34. The van der Waals surface area contributed by atoms with Crippen molar-refractivity contribution in [1.82, 2.24) is 4.90 Å². The quantitative estimate of drug-likeness (QED) is 0.215. The molecule has 11 atom stereocenters. The van der Waals surface area contributed by atoms with Gasteiger partial charge in [0.05, 0.1) is 25.7 Å². The second kappa shape index (κ2) is 13.9. The number of fused-ring (bicyclic) bond motifs is 3. The van der Waals surface area contributed by atoms with E-state index in [4.69, 9.17) is 14.2 Å². The van der Waals surface area contributed by atoms with Crippen LogP contribution in [0.15, 0.2) is 35.9 Å². The summed E-state index contributed by atoms with van der Waals surface area (Å²) < 4.78 is 32.6. The Morgan fingerprint density at radius 3 is 2.26 bits per heavy atom. The first-order valence-corrected chi connectivity index (χ1v) is 20.5. The Kier molecular flexibility index (Phi) is 10.1. The molecule has 54 heavy (non-hydrogen) atoms. The number of carboxylic acids is 1. The van der Waals surface area contributed by atoms with Crippen LogP contribution >= 0.6 is 0 Å². The number of carbonyl (C=O) groups is 3. The summed E-state index contributed by atoms with van der Waals surface area (Å²) in [7, 11) is 0. The van der Waals surface area contributed by atoms with E-state index in [9.17, 15) is 23.9 Å². The first kappa shape index (κ1) is 39.3. The van der Waals surface area contributed by atoms with Crippen molar-refractivity contribution in [3.63, 3.8) is 0 Å². The summed E-state index contributed by atoms with van der Waals surface area (Å²) >= 11 is 0. The number of carbonyl (C=O) groups excluding carboxylic acids is 2. The first-order chi connectivity index (χ1) is 25.4. The van der Waals surface area contributed by atoms with Crippen molar-refractivity contribution in [3.8, 4) is 0 Å². The van der Waals surface area contributed by atoms with Crippen molar-refractivity contribution in [3.05, 3.63) is 41.7 Å². The monoisotopic (exact) mass is 750 g/mol. The zero-order valence-corrected chi connectivity index (χ0v) is 33.8. The first-order valence-electron chi connectivity index (χ1n) is 20.5. The summed E-state index contributed by atoms with van der Waals surface area (Å²) in [5.74, 6) is -1.15. The second-order valence-corrected chi connectivity index (χ2v) is 19.3. The highest BCUT2D eigenvalue weighted by atomic mass is 19.1. The van der Waals surface area contributed by atoms with E-state index in [1.54, 1.807) is 12.1 Å². The molecular formula is C44H63FN2O7. The molecule has 9 nitrogen and oxygen atoms in total. The van der Waals surface area contributed by atoms with Crippen LogP contribution < -0.4 is 4.90 Å². The Morgan fingerprint density at radius 2 is 1.63 bits per heavy atom. The molecule has 2 heterocycles. The standard InChI is InChI=1S/C44H63FN2O7/c1-27(2)28(3)40(5)17-18-42(7)32-13-14-35-41(6)25-52-26-44(35,33(32)15-16-43(42,8)37(40)39(50)51)23-34(53-29(4)48)38(41)54-36(49)24-46-19-21-47(22-20-46)31-11-9-30(45)10-12-31/h9-12,15,27-28,32,34-35,37-38H,13-14,16-26H2,1-8H3,(H,50,51)/t28-,32+,34-,35+,37-,38+,40-,41+,42-,43+,44+/m1/s1. The SMILES string of the molecule is CC(=O)O[C@@H]1C[C@@]23COC[C@@](C)([C@@H]2CC[C@H]2C3=CC[C@@]3(C)[C@H](C(=O)O)[C@@](C)([C@H](C)C(C)C)CC[C@]23C)[C@H]1OC(=O)CN1CCN(c2ccc(F)cc2)CC1. The van der Waals surface area contributed by atoms with Crippen LogP contribution in [0.1, 0.15) is 93.9 Å². The number of hydrogen-bond donors (Lipinski definition) is 1. The minimum Gasteiger partial charge on any atom is -0.481 e. The molecule has 0 aromatic heterocycles. The largest absolute Gasteiger partial charge is 0.481 e. The van der Waals surface area contributed by atoms with Crippen molar-refractivity contribution in [2.45, 2.75) is 106 Å². The van der Waals surface area contributed by atoms with Gasteiger partial charge in [0.25, 0.3) is 0 Å². The second-order valence-electron chi connectivity index (χ2n) is 19.3. The Labute approximate surface area is 321 Å². The zero-order chi connectivity index (χ0) is 39.0. The number of anilines is 1. The van der Waals surface area contributed by atoms with Crippen LogP contribution in [-0.4, -0.2) is 86.1 Å². The van der Waals surface area contributed by atoms with Gasteiger partial charge < -0.3 is 24.2 Å². The molecule has 0 unspecified atom stereocenters. The smallest absolute Gasteiger partial charge is 0.320 e. The molecule has 0 spiro atoms. The lowest BCUT2D eigenvalue weighted by molar-refractivity contribution is -0.263. The molecule has 4 aliphatic carbocycles. The number of esters is 2. The van der Waals surface area contributed by atoms with Crippen molar-refractivity contribution in [2.24, 2.45) is 56.7 Å². The highest BCUT2D eigenvalue weighted by Crippen LogP contribution is 2.75. The lowest BCUT2D eigenvalue weighted by Gasteiger charge is -2.71. The van der Waals surface area contributed by atoms with E-state index in [1.165, 1.54) is 24.6 Å². The number of allylic oxidation sites excluding steroid dienone is 1. The summed E-state index contributed by atoms with van der Waals surface area (Å²) in [5.41, 5.74) is 0.357. The molecule has 5 fully saturated rings. The van der Waals surface area contributed by atoms with Gasteiger partial charge in [-0.15, -0.1) is 0 Å². The highest BCUT2D eigenvalue weighted by Gasteiger charge is 2.72. The van der Waals surface area contributed by atoms with Crippen LogP contribution in [0, 0.1) is 62.5 Å². The van der Waals surface area contributed by atoms with Gasteiger partial charge in [0.15, 0.2) is 0 Å². The zero-order valence-electron chi connectivity index (χ0n) is 33.8. The minimum atomic E-state index is -0.678. The number of carboxylic acid groups (broad SMARTS) is 1. The lowest BCUT2D eigenvalue weighted by Crippen LogP contribution is -2.70. The van der Waals surface area contributed by atoms with Crippen LogP contribution in [-0.2, 0) is 28.6 Å². The van der Waals surface area contributed by atoms with Crippen LogP contribution in [0.2, 0.25) is 0 Å². The summed E-state index contributed by atoms with van der Waals surface area (Å²) in [5, 5.41) is 11.0. The van der Waals surface area contributed by atoms with Gasteiger partial charge in [-0.05, 0) is 103 Å². The van der Waals surface area contributed by atoms with Crippen molar-refractivity contribution in [2.75, 3.05) is 50.8 Å². The summed E-state index contributed by atoms with van der Waals surface area (Å²) in [6, 6.07) is 6.50.